The van der Waals surface area contributed by atoms with Crippen LogP contribution in [0.2, 0.25) is 0 Å². The number of rotatable bonds is 4. The van der Waals surface area contributed by atoms with Crippen LogP contribution < -0.4 is 10.5 Å². The minimum atomic E-state index is 0.00327. The lowest BCUT2D eigenvalue weighted by atomic mass is 10.00. The summed E-state index contributed by atoms with van der Waals surface area (Å²) in [5.74, 6) is 1.11. The standard InChI is InChI=1S/C14H22BrN3O/c1-11-4-3-5-17(9-11)13-6-14(19)18(16-8-13)10-12(2)7-15/h6,8,11-12H,3-5,7,9-10H2,1-2H3. The Morgan fingerprint density at radius 3 is 3.00 bits per heavy atom. The zero-order valence-corrected chi connectivity index (χ0v) is 13.3. The second-order valence-corrected chi connectivity index (χ2v) is 6.33. The number of piperidine rings is 1. The van der Waals surface area contributed by atoms with E-state index in [1.165, 1.54) is 12.8 Å². The number of halogens is 1. The van der Waals surface area contributed by atoms with Gasteiger partial charge in [-0.3, -0.25) is 4.79 Å². The summed E-state index contributed by atoms with van der Waals surface area (Å²) in [4.78, 5) is 14.4. The second-order valence-electron chi connectivity index (χ2n) is 5.69. The maximum atomic E-state index is 12.1. The average Bonchev–Trinajstić information content (AvgIpc) is 2.41. The van der Waals surface area contributed by atoms with Crippen molar-refractivity contribution in [3.05, 3.63) is 22.6 Å². The zero-order chi connectivity index (χ0) is 13.8. The molecule has 106 valence electrons. The molecule has 1 aromatic rings. The van der Waals surface area contributed by atoms with Crippen molar-refractivity contribution >= 4 is 21.6 Å². The van der Waals surface area contributed by atoms with Crippen LogP contribution in [0.3, 0.4) is 0 Å². The molecule has 1 aliphatic heterocycles. The summed E-state index contributed by atoms with van der Waals surface area (Å²) >= 11 is 3.43. The number of hydrogen-bond acceptors (Lipinski definition) is 3. The first-order chi connectivity index (χ1) is 9.10. The molecule has 0 N–H and O–H groups in total. The van der Waals surface area contributed by atoms with Gasteiger partial charge < -0.3 is 4.90 Å². The molecule has 2 atom stereocenters. The van der Waals surface area contributed by atoms with Crippen molar-refractivity contribution < 1.29 is 0 Å². The molecule has 0 amide bonds. The van der Waals surface area contributed by atoms with Crippen LogP contribution in [-0.2, 0) is 6.54 Å². The minimum absolute atomic E-state index is 0.00327. The molecule has 5 heteroatoms. The Hall–Kier alpha value is -0.840. The van der Waals surface area contributed by atoms with Gasteiger partial charge in [0.05, 0.1) is 11.9 Å². The lowest BCUT2D eigenvalue weighted by Gasteiger charge is -2.32. The van der Waals surface area contributed by atoms with Gasteiger partial charge in [0.25, 0.3) is 5.56 Å². The summed E-state index contributed by atoms with van der Waals surface area (Å²) in [7, 11) is 0. The molecule has 2 rings (SSSR count). The smallest absolute Gasteiger partial charge is 0.268 e. The Balaban J connectivity index is 2.12. The SMILES string of the molecule is CC1CCCN(c2cnn(CC(C)CBr)c(=O)c2)C1. The van der Waals surface area contributed by atoms with Gasteiger partial charge >= 0.3 is 0 Å². The highest BCUT2D eigenvalue weighted by Gasteiger charge is 2.17. The molecule has 0 bridgehead atoms. The molecule has 0 radical (unpaired) electrons. The third kappa shape index (κ3) is 3.81. The summed E-state index contributed by atoms with van der Waals surface area (Å²) in [5.41, 5.74) is 0.975. The monoisotopic (exact) mass is 327 g/mol. The van der Waals surface area contributed by atoms with Gasteiger partial charge in [0.2, 0.25) is 0 Å². The Morgan fingerprint density at radius 2 is 2.37 bits per heavy atom. The molecule has 1 saturated heterocycles. The number of alkyl halides is 1. The Morgan fingerprint density at radius 1 is 1.58 bits per heavy atom. The molecule has 0 saturated carbocycles. The molecular formula is C14H22BrN3O. The van der Waals surface area contributed by atoms with Gasteiger partial charge in [0.15, 0.2) is 0 Å². The van der Waals surface area contributed by atoms with E-state index in [4.69, 9.17) is 0 Å². The third-order valence-corrected chi connectivity index (χ3v) is 4.73. The van der Waals surface area contributed by atoms with Crippen molar-refractivity contribution in [2.24, 2.45) is 11.8 Å². The molecule has 1 fully saturated rings. The van der Waals surface area contributed by atoms with E-state index in [1.807, 2.05) is 6.20 Å². The van der Waals surface area contributed by atoms with Crippen molar-refractivity contribution in [3.8, 4) is 0 Å². The predicted octanol–water partition coefficient (Wildman–Crippen LogP) is 2.51. The maximum absolute atomic E-state index is 12.1. The molecule has 19 heavy (non-hydrogen) atoms. The van der Waals surface area contributed by atoms with E-state index >= 15 is 0 Å². The van der Waals surface area contributed by atoms with Crippen molar-refractivity contribution in [1.29, 1.82) is 0 Å². The second kappa shape index (κ2) is 6.55. The minimum Gasteiger partial charge on any atom is -0.370 e. The van der Waals surface area contributed by atoms with Crippen LogP contribution in [0.4, 0.5) is 5.69 Å². The van der Waals surface area contributed by atoms with Crippen LogP contribution in [0.15, 0.2) is 17.1 Å². The summed E-state index contributed by atoms with van der Waals surface area (Å²) < 4.78 is 1.56. The van der Waals surface area contributed by atoms with E-state index in [1.54, 1.807) is 10.7 Å². The van der Waals surface area contributed by atoms with Crippen LogP contribution in [-0.4, -0.2) is 28.2 Å². The third-order valence-electron chi connectivity index (χ3n) is 3.63. The van der Waals surface area contributed by atoms with Crippen LogP contribution in [0.25, 0.3) is 0 Å². The van der Waals surface area contributed by atoms with E-state index < -0.39 is 0 Å². The number of hydrogen-bond donors (Lipinski definition) is 0. The lowest BCUT2D eigenvalue weighted by molar-refractivity contribution is 0.442. The Bertz CT molecular complexity index is 474. The van der Waals surface area contributed by atoms with Gasteiger partial charge in [0, 0.05) is 31.0 Å². The summed E-state index contributed by atoms with van der Waals surface area (Å²) in [6.07, 6.45) is 4.31. The molecule has 1 aliphatic rings. The fraction of sp³-hybridized carbons (Fsp3) is 0.714. The fourth-order valence-electron chi connectivity index (χ4n) is 2.50. The van der Waals surface area contributed by atoms with Gasteiger partial charge in [-0.15, -0.1) is 0 Å². The van der Waals surface area contributed by atoms with Crippen molar-refractivity contribution in [2.45, 2.75) is 33.2 Å². The molecule has 2 heterocycles. The molecule has 2 unspecified atom stereocenters. The number of nitrogens with zero attached hydrogens (tertiary/aromatic N) is 3. The summed E-state index contributed by atoms with van der Waals surface area (Å²) in [6.45, 7) is 7.10. The van der Waals surface area contributed by atoms with Crippen LogP contribution in [0.5, 0.6) is 0 Å². The Labute approximate surface area is 122 Å². The lowest BCUT2D eigenvalue weighted by Crippen LogP contribution is -2.36. The highest BCUT2D eigenvalue weighted by atomic mass is 79.9. The molecule has 1 aromatic heterocycles. The maximum Gasteiger partial charge on any atom is 0.268 e. The Kier molecular flexibility index (Phi) is 5.02. The molecule has 0 spiro atoms. The molecular weight excluding hydrogens is 306 g/mol. The van der Waals surface area contributed by atoms with Crippen molar-refractivity contribution in [2.75, 3.05) is 23.3 Å². The highest BCUT2D eigenvalue weighted by Crippen LogP contribution is 2.20. The summed E-state index contributed by atoms with van der Waals surface area (Å²) in [5, 5.41) is 5.19. The first-order valence-electron chi connectivity index (χ1n) is 6.98. The topological polar surface area (TPSA) is 38.1 Å². The van der Waals surface area contributed by atoms with Crippen molar-refractivity contribution in [1.82, 2.24) is 9.78 Å². The van der Waals surface area contributed by atoms with E-state index in [0.717, 1.165) is 24.1 Å². The predicted molar refractivity (Wildman–Crippen MR) is 82.1 cm³/mol. The first kappa shape index (κ1) is 14.6. The molecule has 0 aliphatic carbocycles. The molecule has 4 nitrogen and oxygen atoms in total. The zero-order valence-electron chi connectivity index (χ0n) is 11.7. The normalized spacial score (nSPS) is 21.4. The molecule has 0 aromatic carbocycles. The van der Waals surface area contributed by atoms with Gasteiger partial charge in [-0.1, -0.05) is 29.8 Å². The fourth-order valence-corrected chi connectivity index (χ4v) is 2.71. The van der Waals surface area contributed by atoms with E-state index in [9.17, 15) is 4.79 Å². The van der Waals surface area contributed by atoms with Crippen LogP contribution in [0, 0.1) is 11.8 Å². The van der Waals surface area contributed by atoms with Gasteiger partial charge in [-0.25, -0.2) is 4.68 Å². The quantitative estimate of drug-likeness (QED) is 0.797. The summed E-state index contributed by atoms with van der Waals surface area (Å²) in [6, 6.07) is 1.73. The highest BCUT2D eigenvalue weighted by molar-refractivity contribution is 9.09. The van der Waals surface area contributed by atoms with Crippen LogP contribution >= 0.6 is 15.9 Å². The average molecular weight is 328 g/mol. The first-order valence-corrected chi connectivity index (χ1v) is 8.10. The largest absolute Gasteiger partial charge is 0.370 e. The number of aromatic nitrogens is 2. The number of anilines is 1. The van der Waals surface area contributed by atoms with E-state index in [-0.39, 0.29) is 5.56 Å². The van der Waals surface area contributed by atoms with Crippen molar-refractivity contribution in [3.63, 3.8) is 0 Å². The van der Waals surface area contributed by atoms with Gasteiger partial charge in [-0.2, -0.15) is 5.10 Å². The van der Waals surface area contributed by atoms with E-state index in [0.29, 0.717) is 18.4 Å². The van der Waals surface area contributed by atoms with E-state index in [2.05, 4.69) is 39.8 Å². The van der Waals surface area contributed by atoms with Gasteiger partial charge in [-0.05, 0) is 24.7 Å². The van der Waals surface area contributed by atoms with Crippen LogP contribution in [0.1, 0.15) is 26.7 Å². The van der Waals surface area contributed by atoms with Gasteiger partial charge in [0.1, 0.15) is 0 Å².